The minimum atomic E-state index is 0.617. The van der Waals surface area contributed by atoms with E-state index in [-0.39, 0.29) is 0 Å². The number of nitrogens with zero attached hydrogens (tertiary/aromatic N) is 3. The Hall–Kier alpha value is -0.750. The van der Waals surface area contributed by atoms with Gasteiger partial charge in [-0.15, -0.1) is 10.2 Å². The topological polar surface area (TPSA) is 66.0 Å². The average Bonchev–Trinajstić information content (AvgIpc) is 2.46. The van der Waals surface area contributed by atoms with E-state index < -0.39 is 0 Å². The highest BCUT2D eigenvalue weighted by Gasteiger charge is 2.08. The minimum absolute atomic E-state index is 0.617. The Kier molecular flexibility index (Phi) is 4.04. The number of rotatable bonds is 5. The van der Waals surface area contributed by atoms with E-state index in [9.17, 15) is 0 Å². The Morgan fingerprint density at radius 1 is 1.54 bits per heavy atom. The quantitative estimate of drug-likeness (QED) is 0.549. The van der Waals surface area contributed by atoms with Gasteiger partial charge >= 0.3 is 0 Å². The van der Waals surface area contributed by atoms with Crippen molar-refractivity contribution >= 4 is 11.8 Å². The van der Waals surface area contributed by atoms with Gasteiger partial charge in [-0.2, -0.15) is 0 Å². The van der Waals surface area contributed by atoms with Crippen LogP contribution >= 0.6 is 11.8 Å². The molecule has 74 valence electrons. The number of thioether (sulfide) groups is 1. The van der Waals surface area contributed by atoms with Gasteiger partial charge in [0.05, 0.1) is 6.61 Å². The van der Waals surface area contributed by atoms with Crippen molar-refractivity contribution in [3.8, 4) is 0 Å². The SMILES string of the molecule is CCSc1nnc(CCOC)n1N. The number of methoxy groups -OCH3 is 1. The second-order valence-corrected chi connectivity index (χ2v) is 3.68. The lowest BCUT2D eigenvalue weighted by Gasteiger charge is -2.01. The van der Waals surface area contributed by atoms with Gasteiger partial charge in [0.1, 0.15) is 0 Å². The normalized spacial score (nSPS) is 10.6. The zero-order valence-electron chi connectivity index (χ0n) is 7.86. The fraction of sp³-hybridized carbons (Fsp3) is 0.714. The van der Waals surface area contributed by atoms with Crippen LogP contribution in [0.1, 0.15) is 12.7 Å². The molecule has 1 rings (SSSR count). The summed E-state index contributed by atoms with van der Waals surface area (Å²) in [5.74, 6) is 7.45. The lowest BCUT2D eigenvalue weighted by atomic mass is 10.4. The first-order valence-electron chi connectivity index (χ1n) is 4.10. The molecule has 0 aliphatic carbocycles. The van der Waals surface area contributed by atoms with Crippen molar-refractivity contribution in [3.05, 3.63) is 5.82 Å². The van der Waals surface area contributed by atoms with Crippen molar-refractivity contribution < 1.29 is 4.74 Å². The summed E-state index contributed by atoms with van der Waals surface area (Å²) in [6, 6.07) is 0. The zero-order valence-corrected chi connectivity index (χ0v) is 8.67. The third kappa shape index (κ3) is 2.60. The average molecular weight is 202 g/mol. The summed E-state index contributed by atoms with van der Waals surface area (Å²) < 4.78 is 6.45. The van der Waals surface area contributed by atoms with E-state index in [1.165, 1.54) is 4.68 Å². The van der Waals surface area contributed by atoms with Gasteiger partial charge in [-0.25, -0.2) is 4.68 Å². The highest BCUT2D eigenvalue weighted by atomic mass is 32.2. The van der Waals surface area contributed by atoms with Crippen molar-refractivity contribution in [2.24, 2.45) is 0 Å². The van der Waals surface area contributed by atoms with E-state index >= 15 is 0 Å². The van der Waals surface area contributed by atoms with Crippen molar-refractivity contribution in [2.75, 3.05) is 25.3 Å². The molecule has 0 saturated carbocycles. The summed E-state index contributed by atoms with van der Waals surface area (Å²) in [6.45, 7) is 2.67. The number of nitrogens with two attached hydrogens (primary N) is 1. The van der Waals surface area contributed by atoms with Gasteiger partial charge in [0.15, 0.2) is 5.82 Å². The lowest BCUT2D eigenvalue weighted by Crippen LogP contribution is -2.15. The van der Waals surface area contributed by atoms with Crippen molar-refractivity contribution in [1.29, 1.82) is 0 Å². The van der Waals surface area contributed by atoms with Crippen LogP contribution in [0.4, 0.5) is 0 Å². The molecule has 0 aliphatic heterocycles. The molecule has 0 bridgehead atoms. The van der Waals surface area contributed by atoms with Crippen LogP contribution in [0.2, 0.25) is 0 Å². The molecule has 5 nitrogen and oxygen atoms in total. The molecular weight excluding hydrogens is 188 g/mol. The third-order valence-electron chi connectivity index (χ3n) is 1.54. The van der Waals surface area contributed by atoms with E-state index in [0.717, 1.165) is 16.7 Å². The Morgan fingerprint density at radius 3 is 2.92 bits per heavy atom. The molecule has 1 aromatic rings. The van der Waals surface area contributed by atoms with Crippen LogP contribution in [-0.2, 0) is 11.2 Å². The molecule has 0 unspecified atom stereocenters. The van der Waals surface area contributed by atoms with Crippen LogP contribution in [0.25, 0.3) is 0 Å². The van der Waals surface area contributed by atoms with Gasteiger partial charge < -0.3 is 10.6 Å². The predicted molar refractivity (Wildman–Crippen MR) is 52.2 cm³/mol. The molecule has 1 aromatic heterocycles. The molecule has 0 spiro atoms. The van der Waals surface area contributed by atoms with Crippen LogP contribution in [0.3, 0.4) is 0 Å². The van der Waals surface area contributed by atoms with Crippen molar-refractivity contribution in [3.63, 3.8) is 0 Å². The van der Waals surface area contributed by atoms with Crippen LogP contribution in [0.15, 0.2) is 5.16 Å². The molecule has 0 radical (unpaired) electrons. The zero-order chi connectivity index (χ0) is 9.68. The molecule has 0 aromatic carbocycles. The molecule has 13 heavy (non-hydrogen) atoms. The van der Waals surface area contributed by atoms with Crippen LogP contribution in [-0.4, -0.2) is 34.3 Å². The van der Waals surface area contributed by atoms with Gasteiger partial charge in [-0.3, -0.25) is 0 Å². The number of hydrogen-bond donors (Lipinski definition) is 1. The van der Waals surface area contributed by atoms with E-state index in [2.05, 4.69) is 10.2 Å². The Bertz CT molecular complexity index is 263. The largest absolute Gasteiger partial charge is 0.384 e. The van der Waals surface area contributed by atoms with E-state index in [4.69, 9.17) is 10.6 Å². The minimum Gasteiger partial charge on any atom is -0.384 e. The fourth-order valence-electron chi connectivity index (χ4n) is 0.899. The molecule has 0 fully saturated rings. The fourth-order valence-corrected chi connectivity index (χ4v) is 1.50. The summed E-state index contributed by atoms with van der Waals surface area (Å²) in [6.07, 6.45) is 0.699. The molecule has 1 heterocycles. The maximum atomic E-state index is 5.75. The third-order valence-corrected chi connectivity index (χ3v) is 2.36. The van der Waals surface area contributed by atoms with E-state index in [0.29, 0.717) is 13.0 Å². The smallest absolute Gasteiger partial charge is 0.209 e. The monoisotopic (exact) mass is 202 g/mol. The van der Waals surface area contributed by atoms with E-state index in [1.807, 2.05) is 6.92 Å². The Morgan fingerprint density at radius 2 is 2.31 bits per heavy atom. The lowest BCUT2D eigenvalue weighted by molar-refractivity contribution is 0.200. The summed E-state index contributed by atoms with van der Waals surface area (Å²) in [7, 11) is 1.65. The number of hydrogen-bond acceptors (Lipinski definition) is 5. The van der Waals surface area contributed by atoms with Gasteiger partial charge in [-0.05, 0) is 5.75 Å². The number of aromatic nitrogens is 3. The Labute approximate surface area is 81.6 Å². The molecule has 0 saturated heterocycles. The van der Waals surface area contributed by atoms with Crippen LogP contribution in [0, 0.1) is 0 Å². The van der Waals surface area contributed by atoms with Crippen molar-refractivity contribution in [1.82, 2.24) is 14.9 Å². The van der Waals surface area contributed by atoms with Crippen LogP contribution in [0.5, 0.6) is 0 Å². The van der Waals surface area contributed by atoms with Gasteiger partial charge in [0, 0.05) is 13.5 Å². The summed E-state index contributed by atoms with van der Waals surface area (Å²) in [5.41, 5.74) is 0. The molecule has 0 amide bonds. The number of nitrogen functional groups attached to an aromatic ring is 1. The van der Waals surface area contributed by atoms with Gasteiger partial charge in [0.25, 0.3) is 0 Å². The van der Waals surface area contributed by atoms with E-state index in [1.54, 1.807) is 18.9 Å². The summed E-state index contributed by atoms with van der Waals surface area (Å²) in [5, 5.41) is 8.67. The number of ether oxygens (including phenoxy) is 1. The summed E-state index contributed by atoms with van der Waals surface area (Å²) in [4.78, 5) is 0. The maximum Gasteiger partial charge on any atom is 0.209 e. The molecule has 2 N–H and O–H groups in total. The van der Waals surface area contributed by atoms with Crippen LogP contribution < -0.4 is 5.84 Å². The highest BCUT2D eigenvalue weighted by molar-refractivity contribution is 7.99. The van der Waals surface area contributed by atoms with Gasteiger partial charge in [0.2, 0.25) is 5.16 Å². The standard InChI is InChI=1S/C7H14N4OS/c1-3-13-7-10-9-6(11(7)8)4-5-12-2/h3-5,8H2,1-2H3. The first-order valence-corrected chi connectivity index (χ1v) is 5.09. The molecule has 0 atom stereocenters. The molecule has 0 aliphatic rings. The molecular formula is C7H14N4OS. The Balaban J connectivity index is 2.62. The maximum absolute atomic E-state index is 5.75. The van der Waals surface area contributed by atoms with Crippen molar-refractivity contribution in [2.45, 2.75) is 18.5 Å². The highest BCUT2D eigenvalue weighted by Crippen LogP contribution is 2.13. The second-order valence-electron chi connectivity index (χ2n) is 2.44. The predicted octanol–water partition coefficient (Wildman–Crippen LogP) is 0.293. The first-order chi connectivity index (χ1) is 6.29. The first kappa shape index (κ1) is 10.3. The summed E-state index contributed by atoms with van der Waals surface area (Å²) >= 11 is 1.58. The molecule has 6 heteroatoms. The second kappa shape index (κ2) is 5.08. The van der Waals surface area contributed by atoms with Gasteiger partial charge in [-0.1, -0.05) is 18.7 Å².